The van der Waals surface area contributed by atoms with Crippen LogP contribution in [-0.4, -0.2) is 23.0 Å². The SMILES string of the molecule is NC1CC12CC(NC(=O)Cc1ccc3cnccc3c1)C2. The van der Waals surface area contributed by atoms with Crippen molar-refractivity contribution in [2.75, 3.05) is 0 Å². The number of nitrogens with two attached hydrogens (primary N) is 1. The van der Waals surface area contributed by atoms with Gasteiger partial charge in [0.1, 0.15) is 0 Å². The molecule has 0 saturated heterocycles. The first-order chi connectivity index (χ1) is 10.1. The second-order valence-corrected chi connectivity index (χ2v) is 6.58. The molecule has 1 spiro atoms. The lowest BCUT2D eigenvalue weighted by Gasteiger charge is -2.37. The van der Waals surface area contributed by atoms with E-state index in [1.54, 1.807) is 6.20 Å². The summed E-state index contributed by atoms with van der Waals surface area (Å²) in [6, 6.07) is 8.77. The summed E-state index contributed by atoms with van der Waals surface area (Å²) < 4.78 is 0. The summed E-state index contributed by atoms with van der Waals surface area (Å²) in [7, 11) is 0. The van der Waals surface area contributed by atoms with Gasteiger partial charge in [-0.15, -0.1) is 0 Å². The third-order valence-corrected chi connectivity index (χ3v) is 4.99. The number of rotatable bonds is 3. The van der Waals surface area contributed by atoms with E-state index in [1.165, 1.54) is 0 Å². The number of carbonyl (C=O) groups excluding carboxylic acids is 1. The van der Waals surface area contributed by atoms with E-state index in [0.717, 1.165) is 35.6 Å². The van der Waals surface area contributed by atoms with E-state index in [0.29, 0.717) is 23.9 Å². The van der Waals surface area contributed by atoms with Crippen LogP contribution in [-0.2, 0) is 11.2 Å². The van der Waals surface area contributed by atoms with Gasteiger partial charge in [0, 0.05) is 29.9 Å². The van der Waals surface area contributed by atoms with Crippen molar-refractivity contribution >= 4 is 16.7 Å². The molecule has 4 rings (SSSR count). The minimum absolute atomic E-state index is 0.109. The zero-order chi connectivity index (χ0) is 14.4. The number of pyridine rings is 1. The summed E-state index contributed by atoms with van der Waals surface area (Å²) in [5.41, 5.74) is 7.34. The summed E-state index contributed by atoms with van der Waals surface area (Å²) in [5, 5.41) is 5.35. The number of benzene rings is 1. The van der Waals surface area contributed by atoms with E-state index in [-0.39, 0.29) is 5.91 Å². The molecule has 0 bridgehead atoms. The highest BCUT2D eigenvalue weighted by molar-refractivity contribution is 5.84. The van der Waals surface area contributed by atoms with Gasteiger partial charge >= 0.3 is 0 Å². The first-order valence-corrected chi connectivity index (χ1v) is 7.52. The van der Waals surface area contributed by atoms with E-state index in [9.17, 15) is 4.79 Å². The Balaban J connectivity index is 1.37. The lowest BCUT2D eigenvalue weighted by Crippen LogP contribution is -2.47. The topological polar surface area (TPSA) is 68.0 Å². The molecule has 1 unspecified atom stereocenters. The van der Waals surface area contributed by atoms with Crippen molar-refractivity contribution in [2.45, 2.75) is 37.8 Å². The maximum Gasteiger partial charge on any atom is 0.224 e. The van der Waals surface area contributed by atoms with Crippen LogP contribution < -0.4 is 11.1 Å². The van der Waals surface area contributed by atoms with Gasteiger partial charge in [0.25, 0.3) is 0 Å². The Morgan fingerprint density at radius 2 is 2.10 bits per heavy atom. The van der Waals surface area contributed by atoms with Crippen molar-refractivity contribution in [1.82, 2.24) is 10.3 Å². The van der Waals surface area contributed by atoms with Crippen LogP contribution in [0, 0.1) is 5.41 Å². The molecule has 108 valence electrons. The van der Waals surface area contributed by atoms with Crippen molar-refractivity contribution in [1.29, 1.82) is 0 Å². The second-order valence-electron chi connectivity index (χ2n) is 6.58. The molecule has 21 heavy (non-hydrogen) atoms. The molecule has 2 aliphatic carbocycles. The maximum atomic E-state index is 12.1. The predicted molar refractivity (Wildman–Crippen MR) is 81.6 cm³/mol. The first-order valence-electron chi connectivity index (χ1n) is 7.52. The lowest BCUT2D eigenvalue weighted by molar-refractivity contribution is -0.122. The predicted octanol–water partition coefficient (Wildman–Crippen LogP) is 1.77. The lowest BCUT2D eigenvalue weighted by atomic mass is 9.76. The number of amides is 1. The summed E-state index contributed by atoms with van der Waals surface area (Å²) in [4.78, 5) is 16.2. The monoisotopic (exact) mass is 281 g/mol. The van der Waals surface area contributed by atoms with Gasteiger partial charge in [-0.2, -0.15) is 0 Å². The molecule has 2 fully saturated rings. The highest BCUT2D eigenvalue weighted by Crippen LogP contribution is 2.59. The maximum absolute atomic E-state index is 12.1. The van der Waals surface area contributed by atoms with Crippen LogP contribution >= 0.6 is 0 Å². The number of hydrogen-bond donors (Lipinski definition) is 2. The van der Waals surface area contributed by atoms with Crippen molar-refractivity contribution in [3.8, 4) is 0 Å². The molecule has 3 N–H and O–H groups in total. The average molecular weight is 281 g/mol. The van der Waals surface area contributed by atoms with Crippen LogP contribution in [0.5, 0.6) is 0 Å². The van der Waals surface area contributed by atoms with Gasteiger partial charge in [-0.05, 0) is 41.7 Å². The number of fused-ring (bicyclic) bond motifs is 1. The number of nitrogens with zero attached hydrogens (tertiary/aromatic N) is 1. The van der Waals surface area contributed by atoms with E-state index >= 15 is 0 Å². The Kier molecular flexibility index (Phi) is 2.76. The number of carbonyl (C=O) groups is 1. The van der Waals surface area contributed by atoms with Crippen LogP contribution in [0.25, 0.3) is 10.8 Å². The molecular formula is C17H19N3O. The summed E-state index contributed by atoms with van der Waals surface area (Å²) in [6.07, 6.45) is 7.31. The van der Waals surface area contributed by atoms with Crippen LogP contribution in [0.2, 0.25) is 0 Å². The molecule has 2 aliphatic rings. The Labute approximate surface area is 123 Å². The first kappa shape index (κ1) is 12.8. The smallest absolute Gasteiger partial charge is 0.224 e. The minimum Gasteiger partial charge on any atom is -0.353 e. The zero-order valence-electron chi connectivity index (χ0n) is 11.9. The van der Waals surface area contributed by atoms with Gasteiger partial charge in [0.2, 0.25) is 5.91 Å². The van der Waals surface area contributed by atoms with Crippen LogP contribution in [0.3, 0.4) is 0 Å². The standard InChI is InChI=1S/C17H19N3O/c18-15-9-17(15)7-14(8-17)20-16(21)6-11-1-2-13-10-19-4-3-12(13)5-11/h1-5,10,14-15H,6-9,18H2,(H,20,21). The number of hydrogen-bond acceptors (Lipinski definition) is 3. The Bertz CT molecular complexity index is 706. The molecule has 1 atom stereocenters. The van der Waals surface area contributed by atoms with Crippen molar-refractivity contribution in [3.05, 3.63) is 42.2 Å². The minimum atomic E-state index is 0.109. The van der Waals surface area contributed by atoms with E-state index in [4.69, 9.17) is 5.73 Å². The van der Waals surface area contributed by atoms with Crippen LogP contribution in [0.1, 0.15) is 24.8 Å². The fraction of sp³-hybridized carbons (Fsp3) is 0.412. The summed E-state index contributed by atoms with van der Waals surface area (Å²) in [6.45, 7) is 0. The van der Waals surface area contributed by atoms with E-state index in [2.05, 4.69) is 16.4 Å². The molecule has 2 aromatic rings. The molecule has 4 nitrogen and oxygen atoms in total. The fourth-order valence-corrected chi connectivity index (χ4v) is 3.58. The van der Waals surface area contributed by atoms with Crippen molar-refractivity contribution in [2.24, 2.45) is 11.1 Å². The molecule has 4 heteroatoms. The zero-order valence-corrected chi connectivity index (χ0v) is 11.9. The third-order valence-electron chi connectivity index (χ3n) is 4.99. The molecule has 1 aromatic carbocycles. The molecule has 1 heterocycles. The van der Waals surface area contributed by atoms with E-state index in [1.807, 2.05) is 24.4 Å². The Morgan fingerprint density at radius 3 is 2.86 bits per heavy atom. The largest absolute Gasteiger partial charge is 0.353 e. The molecule has 1 amide bonds. The Hall–Kier alpha value is -1.94. The van der Waals surface area contributed by atoms with Crippen molar-refractivity contribution < 1.29 is 4.79 Å². The summed E-state index contributed by atoms with van der Waals surface area (Å²) in [5.74, 6) is 0.109. The van der Waals surface area contributed by atoms with Gasteiger partial charge in [0.15, 0.2) is 0 Å². The Morgan fingerprint density at radius 1 is 1.29 bits per heavy atom. The molecule has 0 aliphatic heterocycles. The quantitative estimate of drug-likeness (QED) is 0.901. The highest BCUT2D eigenvalue weighted by Gasteiger charge is 2.60. The van der Waals surface area contributed by atoms with Gasteiger partial charge in [-0.25, -0.2) is 0 Å². The van der Waals surface area contributed by atoms with Gasteiger partial charge in [0.05, 0.1) is 6.42 Å². The third kappa shape index (κ3) is 2.29. The van der Waals surface area contributed by atoms with Crippen LogP contribution in [0.15, 0.2) is 36.7 Å². The molecular weight excluding hydrogens is 262 g/mol. The molecule has 0 radical (unpaired) electrons. The molecule has 2 saturated carbocycles. The van der Waals surface area contributed by atoms with Crippen molar-refractivity contribution in [3.63, 3.8) is 0 Å². The van der Waals surface area contributed by atoms with Gasteiger partial charge in [-0.1, -0.05) is 18.2 Å². The summed E-state index contributed by atoms with van der Waals surface area (Å²) >= 11 is 0. The fourth-order valence-electron chi connectivity index (χ4n) is 3.58. The highest BCUT2D eigenvalue weighted by atomic mass is 16.1. The van der Waals surface area contributed by atoms with Gasteiger partial charge < -0.3 is 11.1 Å². The van der Waals surface area contributed by atoms with Crippen LogP contribution in [0.4, 0.5) is 0 Å². The normalized spacial score (nSPS) is 30.1. The number of nitrogens with one attached hydrogen (secondary N) is 1. The molecule has 1 aromatic heterocycles. The van der Waals surface area contributed by atoms with Gasteiger partial charge in [-0.3, -0.25) is 9.78 Å². The average Bonchev–Trinajstić information content (AvgIpc) is 3.09. The number of aromatic nitrogens is 1. The van der Waals surface area contributed by atoms with E-state index < -0.39 is 0 Å². The second kappa shape index (κ2) is 4.53.